The van der Waals surface area contributed by atoms with Crippen molar-refractivity contribution < 1.29 is 23.5 Å². The minimum atomic E-state index is -0.896. The Labute approximate surface area is 145 Å². The van der Waals surface area contributed by atoms with E-state index in [9.17, 15) is 14.0 Å². The van der Waals surface area contributed by atoms with Gasteiger partial charge in [-0.2, -0.15) is 0 Å². The molecule has 25 heavy (non-hydrogen) atoms. The molecule has 0 aromatic heterocycles. The van der Waals surface area contributed by atoms with Gasteiger partial charge in [-0.25, -0.2) is 9.18 Å². The molecule has 0 atom stereocenters. The predicted molar refractivity (Wildman–Crippen MR) is 90.1 cm³/mol. The summed E-state index contributed by atoms with van der Waals surface area (Å²) in [6, 6.07) is 12.0. The molecular weight excluding hydrogens is 323 g/mol. The van der Waals surface area contributed by atoms with Gasteiger partial charge < -0.3 is 9.47 Å². The number of benzene rings is 2. The van der Waals surface area contributed by atoms with Crippen LogP contribution in [0.25, 0.3) is 0 Å². The van der Waals surface area contributed by atoms with Crippen molar-refractivity contribution in [2.75, 3.05) is 0 Å². The Morgan fingerprint density at radius 1 is 0.960 bits per heavy atom. The summed E-state index contributed by atoms with van der Waals surface area (Å²) in [6.07, 6.45) is 1.05. The van der Waals surface area contributed by atoms with Crippen LogP contribution in [-0.4, -0.2) is 23.5 Å². The summed E-state index contributed by atoms with van der Waals surface area (Å²) in [5.41, 5.74) is -0.0185. The Bertz CT molecular complexity index is 774. The SMILES string of the molecule is CC(C)OC(=O)C1(Oc2ccc(C(=O)c3ccc(F)cc3)cc2)CC1. The molecule has 0 saturated heterocycles. The smallest absolute Gasteiger partial charge is 0.350 e. The summed E-state index contributed by atoms with van der Waals surface area (Å²) in [5, 5.41) is 0. The minimum Gasteiger partial charge on any atom is -0.476 e. The van der Waals surface area contributed by atoms with Crippen molar-refractivity contribution in [2.24, 2.45) is 0 Å². The number of hydrogen-bond acceptors (Lipinski definition) is 4. The molecule has 1 saturated carbocycles. The van der Waals surface area contributed by atoms with E-state index < -0.39 is 5.60 Å². The molecule has 2 aromatic carbocycles. The standard InChI is InChI=1S/C20H19FO4/c1-13(2)24-19(23)20(11-12-20)25-17-9-5-15(6-10-17)18(22)14-3-7-16(21)8-4-14/h3-10,13H,11-12H2,1-2H3. The first-order valence-corrected chi connectivity index (χ1v) is 8.20. The van der Waals surface area contributed by atoms with Crippen LogP contribution in [0.1, 0.15) is 42.6 Å². The van der Waals surface area contributed by atoms with Crippen molar-refractivity contribution >= 4 is 11.8 Å². The number of halogens is 1. The van der Waals surface area contributed by atoms with Crippen molar-refractivity contribution in [1.82, 2.24) is 0 Å². The number of hydrogen-bond donors (Lipinski definition) is 0. The third kappa shape index (κ3) is 3.87. The average Bonchev–Trinajstić information content (AvgIpc) is 3.36. The molecule has 4 nitrogen and oxygen atoms in total. The van der Waals surface area contributed by atoms with Crippen LogP contribution in [0, 0.1) is 5.82 Å². The molecule has 0 spiro atoms. The maximum Gasteiger partial charge on any atom is 0.350 e. The van der Waals surface area contributed by atoms with E-state index in [1.54, 1.807) is 38.1 Å². The van der Waals surface area contributed by atoms with E-state index in [0.717, 1.165) is 0 Å². The maximum atomic E-state index is 12.9. The van der Waals surface area contributed by atoms with Crippen molar-refractivity contribution in [3.05, 3.63) is 65.5 Å². The zero-order valence-corrected chi connectivity index (χ0v) is 14.1. The topological polar surface area (TPSA) is 52.6 Å². The molecule has 0 N–H and O–H groups in total. The van der Waals surface area contributed by atoms with Gasteiger partial charge in [0, 0.05) is 24.0 Å². The molecule has 1 aliphatic carbocycles. The van der Waals surface area contributed by atoms with Gasteiger partial charge in [0.2, 0.25) is 5.60 Å². The highest BCUT2D eigenvalue weighted by Gasteiger charge is 2.54. The van der Waals surface area contributed by atoms with Crippen molar-refractivity contribution in [3.63, 3.8) is 0 Å². The van der Waals surface area contributed by atoms with Crippen molar-refractivity contribution in [2.45, 2.75) is 38.4 Å². The van der Waals surface area contributed by atoms with Gasteiger partial charge in [0.05, 0.1) is 6.10 Å². The Balaban J connectivity index is 1.69. The van der Waals surface area contributed by atoms with Crippen LogP contribution in [0.3, 0.4) is 0 Å². The number of esters is 1. The summed E-state index contributed by atoms with van der Waals surface area (Å²) in [5.74, 6) is -0.432. The van der Waals surface area contributed by atoms with Crippen LogP contribution in [-0.2, 0) is 9.53 Å². The van der Waals surface area contributed by atoms with Gasteiger partial charge in [0.25, 0.3) is 0 Å². The van der Waals surface area contributed by atoms with Crippen LogP contribution in [0.2, 0.25) is 0 Å². The van der Waals surface area contributed by atoms with Crippen LogP contribution in [0.4, 0.5) is 4.39 Å². The van der Waals surface area contributed by atoms with E-state index in [1.807, 2.05) is 0 Å². The first-order chi connectivity index (χ1) is 11.9. The molecule has 130 valence electrons. The van der Waals surface area contributed by atoms with Gasteiger partial charge in [-0.1, -0.05) is 0 Å². The highest BCUT2D eigenvalue weighted by Crippen LogP contribution is 2.41. The predicted octanol–water partition coefficient (Wildman–Crippen LogP) is 3.92. The largest absolute Gasteiger partial charge is 0.476 e. The molecule has 3 rings (SSSR count). The average molecular weight is 342 g/mol. The lowest BCUT2D eigenvalue weighted by Crippen LogP contribution is -2.33. The number of carbonyl (C=O) groups excluding carboxylic acids is 2. The Hall–Kier alpha value is -2.69. The van der Waals surface area contributed by atoms with Crippen LogP contribution < -0.4 is 4.74 Å². The number of ether oxygens (including phenoxy) is 2. The minimum absolute atomic E-state index is 0.190. The molecule has 0 aliphatic heterocycles. The summed E-state index contributed by atoms with van der Waals surface area (Å²) in [4.78, 5) is 24.5. The maximum absolute atomic E-state index is 12.9. The normalized spacial score (nSPS) is 14.9. The summed E-state index contributed by atoms with van der Waals surface area (Å²) in [7, 11) is 0. The zero-order valence-electron chi connectivity index (χ0n) is 14.1. The molecule has 1 aliphatic rings. The van der Waals surface area contributed by atoms with Crippen LogP contribution in [0.15, 0.2) is 48.5 Å². The highest BCUT2D eigenvalue weighted by molar-refractivity contribution is 6.09. The van der Waals surface area contributed by atoms with E-state index >= 15 is 0 Å². The van der Waals surface area contributed by atoms with Gasteiger partial charge in [0.15, 0.2) is 5.78 Å². The van der Waals surface area contributed by atoms with Gasteiger partial charge in [0.1, 0.15) is 11.6 Å². The third-order valence-corrected chi connectivity index (χ3v) is 3.96. The second-order valence-electron chi connectivity index (χ2n) is 6.41. The summed E-state index contributed by atoms with van der Waals surface area (Å²) in [6.45, 7) is 3.59. The van der Waals surface area contributed by atoms with Crippen molar-refractivity contribution in [3.8, 4) is 5.75 Å². The number of rotatable bonds is 6. The molecule has 5 heteroatoms. The van der Waals surface area contributed by atoms with E-state index in [0.29, 0.717) is 29.7 Å². The second kappa shape index (κ2) is 6.67. The van der Waals surface area contributed by atoms with Crippen LogP contribution in [0.5, 0.6) is 5.75 Å². The number of carbonyl (C=O) groups is 2. The first kappa shape index (κ1) is 17.1. The fourth-order valence-electron chi connectivity index (χ4n) is 2.45. The lowest BCUT2D eigenvalue weighted by Gasteiger charge is -2.18. The van der Waals surface area contributed by atoms with E-state index in [1.165, 1.54) is 24.3 Å². The summed E-state index contributed by atoms with van der Waals surface area (Å²) >= 11 is 0. The summed E-state index contributed by atoms with van der Waals surface area (Å²) < 4.78 is 24.0. The van der Waals surface area contributed by atoms with E-state index in [4.69, 9.17) is 9.47 Å². The molecule has 1 fully saturated rings. The molecule has 0 radical (unpaired) electrons. The van der Waals surface area contributed by atoms with E-state index in [2.05, 4.69) is 0 Å². The zero-order chi connectivity index (χ0) is 18.0. The van der Waals surface area contributed by atoms with Crippen molar-refractivity contribution in [1.29, 1.82) is 0 Å². The fraction of sp³-hybridized carbons (Fsp3) is 0.300. The molecule has 0 unspecified atom stereocenters. The lowest BCUT2D eigenvalue weighted by molar-refractivity contribution is -0.158. The van der Waals surface area contributed by atoms with Gasteiger partial charge >= 0.3 is 5.97 Å². The first-order valence-electron chi connectivity index (χ1n) is 8.20. The molecule has 0 heterocycles. The quantitative estimate of drug-likeness (QED) is 0.590. The number of ketones is 1. The van der Waals surface area contributed by atoms with Gasteiger partial charge in [-0.05, 0) is 62.4 Å². The second-order valence-corrected chi connectivity index (χ2v) is 6.41. The lowest BCUT2D eigenvalue weighted by atomic mass is 10.0. The molecule has 0 bridgehead atoms. The molecule has 0 amide bonds. The Morgan fingerprint density at radius 2 is 1.48 bits per heavy atom. The van der Waals surface area contributed by atoms with Gasteiger partial charge in [-0.3, -0.25) is 4.79 Å². The van der Waals surface area contributed by atoms with Crippen LogP contribution >= 0.6 is 0 Å². The molecule has 2 aromatic rings. The van der Waals surface area contributed by atoms with Gasteiger partial charge in [-0.15, -0.1) is 0 Å². The monoisotopic (exact) mass is 342 g/mol. The Kier molecular flexibility index (Phi) is 4.57. The Morgan fingerprint density at radius 3 is 1.96 bits per heavy atom. The molecular formula is C20H19FO4. The fourth-order valence-corrected chi connectivity index (χ4v) is 2.45. The third-order valence-electron chi connectivity index (χ3n) is 3.96. The highest BCUT2D eigenvalue weighted by atomic mass is 19.1. The van der Waals surface area contributed by atoms with E-state index in [-0.39, 0.29) is 23.7 Å².